The Kier molecular flexibility index (Phi) is 5.23. The monoisotopic (exact) mass is 494 g/mol. The molecule has 4 heterocycles. The minimum Gasteiger partial charge on any atom is -0.467 e. The number of thioether (sulfide) groups is 1. The van der Waals surface area contributed by atoms with Crippen LogP contribution in [0.5, 0.6) is 11.5 Å². The summed E-state index contributed by atoms with van der Waals surface area (Å²) in [5.74, 6) is 2.79. The van der Waals surface area contributed by atoms with Gasteiger partial charge >= 0.3 is 0 Å². The van der Waals surface area contributed by atoms with Crippen LogP contribution in [-0.2, 0) is 12.3 Å². The molecular weight excluding hydrogens is 480 g/mol. The summed E-state index contributed by atoms with van der Waals surface area (Å²) in [6.45, 7) is 0.332. The molecule has 3 aromatic heterocycles. The molecule has 0 fully saturated rings. The van der Waals surface area contributed by atoms with Gasteiger partial charge in [0.15, 0.2) is 16.7 Å². The Labute approximate surface area is 201 Å². The topological polar surface area (TPSA) is 105 Å². The number of halogens is 1. The molecule has 170 valence electrons. The smallest absolute Gasteiger partial charge is 0.262 e. The molecule has 0 spiro atoms. The molecular formula is C23H15ClN4O5S. The van der Waals surface area contributed by atoms with E-state index in [4.69, 9.17) is 35.0 Å². The van der Waals surface area contributed by atoms with E-state index in [9.17, 15) is 4.79 Å². The highest BCUT2D eigenvalue weighted by Crippen LogP contribution is 2.35. The fraction of sp³-hybridized carbons (Fsp3) is 0.130. The van der Waals surface area contributed by atoms with Crippen molar-refractivity contribution in [2.24, 2.45) is 0 Å². The summed E-state index contributed by atoms with van der Waals surface area (Å²) in [5, 5.41) is 5.47. The van der Waals surface area contributed by atoms with Gasteiger partial charge in [-0.1, -0.05) is 40.7 Å². The number of hydrogen-bond acceptors (Lipinski definition) is 9. The Morgan fingerprint density at radius 2 is 1.91 bits per heavy atom. The van der Waals surface area contributed by atoms with Crippen molar-refractivity contribution in [1.82, 2.24) is 19.7 Å². The van der Waals surface area contributed by atoms with E-state index in [-0.39, 0.29) is 18.9 Å². The van der Waals surface area contributed by atoms with Crippen LogP contribution in [0.2, 0.25) is 5.02 Å². The van der Waals surface area contributed by atoms with Crippen molar-refractivity contribution in [1.29, 1.82) is 0 Å². The molecule has 2 aromatic carbocycles. The number of aromatic nitrogens is 4. The number of hydrogen-bond donors (Lipinski definition) is 0. The lowest BCUT2D eigenvalue weighted by molar-refractivity contribution is 0.174. The molecule has 6 rings (SSSR count). The lowest BCUT2D eigenvalue weighted by atomic mass is 10.2. The first kappa shape index (κ1) is 20.8. The average molecular weight is 495 g/mol. The minimum absolute atomic E-state index is 0.110. The first-order valence-electron chi connectivity index (χ1n) is 10.2. The van der Waals surface area contributed by atoms with Crippen LogP contribution >= 0.6 is 23.4 Å². The lowest BCUT2D eigenvalue weighted by Gasteiger charge is -2.12. The molecule has 0 atom stereocenters. The number of benzene rings is 2. The SMILES string of the molecule is O=c1c2cc3c(cc2nc(SCc2nc(-c4ccccc4Cl)no2)n1Cc1ccco1)OCO3. The van der Waals surface area contributed by atoms with E-state index in [1.807, 2.05) is 18.2 Å². The summed E-state index contributed by atoms with van der Waals surface area (Å²) in [6.07, 6.45) is 1.56. The third kappa shape index (κ3) is 3.80. The largest absolute Gasteiger partial charge is 0.467 e. The van der Waals surface area contributed by atoms with Gasteiger partial charge < -0.3 is 18.4 Å². The van der Waals surface area contributed by atoms with Gasteiger partial charge in [0.25, 0.3) is 5.56 Å². The Morgan fingerprint density at radius 1 is 1.06 bits per heavy atom. The van der Waals surface area contributed by atoms with Gasteiger partial charge in [-0.05, 0) is 30.3 Å². The summed E-state index contributed by atoms with van der Waals surface area (Å²) < 4.78 is 23.3. The summed E-state index contributed by atoms with van der Waals surface area (Å²) in [4.78, 5) is 22.6. The minimum atomic E-state index is -0.218. The van der Waals surface area contributed by atoms with Crippen molar-refractivity contribution in [2.75, 3.05) is 6.79 Å². The molecule has 0 saturated carbocycles. The second-order valence-electron chi connectivity index (χ2n) is 7.37. The second-order valence-corrected chi connectivity index (χ2v) is 8.72. The van der Waals surface area contributed by atoms with Crippen LogP contribution in [0.25, 0.3) is 22.3 Å². The lowest BCUT2D eigenvalue weighted by Crippen LogP contribution is -2.23. The predicted octanol–water partition coefficient (Wildman–Crippen LogP) is 4.76. The van der Waals surface area contributed by atoms with Gasteiger partial charge in [0.2, 0.25) is 18.5 Å². The van der Waals surface area contributed by atoms with Crippen LogP contribution in [0.3, 0.4) is 0 Å². The second kappa shape index (κ2) is 8.54. The maximum absolute atomic E-state index is 13.4. The zero-order valence-corrected chi connectivity index (χ0v) is 19.0. The number of rotatable bonds is 6. The fourth-order valence-electron chi connectivity index (χ4n) is 3.59. The van der Waals surface area contributed by atoms with E-state index in [0.29, 0.717) is 61.4 Å². The van der Waals surface area contributed by atoms with Gasteiger partial charge in [-0.2, -0.15) is 4.98 Å². The van der Waals surface area contributed by atoms with E-state index >= 15 is 0 Å². The third-order valence-electron chi connectivity index (χ3n) is 5.22. The molecule has 0 aliphatic carbocycles. The van der Waals surface area contributed by atoms with Crippen LogP contribution in [0.4, 0.5) is 0 Å². The predicted molar refractivity (Wildman–Crippen MR) is 124 cm³/mol. The summed E-state index contributed by atoms with van der Waals surface area (Å²) in [5.41, 5.74) is 0.970. The van der Waals surface area contributed by atoms with Crippen molar-refractivity contribution >= 4 is 34.3 Å². The van der Waals surface area contributed by atoms with Crippen molar-refractivity contribution in [3.8, 4) is 22.9 Å². The van der Waals surface area contributed by atoms with Crippen molar-refractivity contribution in [2.45, 2.75) is 17.5 Å². The Balaban J connectivity index is 1.36. The van der Waals surface area contributed by atoms with Gasteiger partial charge in [-0.25, -0.2) is 4.98 Å². The molecule has 0 saturated heterocycles. The highest BCUT2D eigenvalue weighted by molar-refractivity contribution is 7.98. The van der Waals surface area contributed by atoms with E-state index in [2.05, 4.69) is 10.1 Å². The van der Waals surface area contributed by atoms with Gasteiger partial charge in [0.1, 0.15) is 5.76 Å². The molecule has 1 aliphatic rings. The van der Waals surface area contributed by atoms with E-state index < -0.39 is 0 Å². The van der Waals surface area contributed by atoms with Crippen LogP contribution < -0.4 is 15.0 Å². The van der Waals surface area contributed by atoms with Gasteiger partial charge in [-0.15, -0.1) is 0 Å². The standard InChI is InChI=1S/C23H15ClN4O5S/c24-16-6-2-1-5-14(16)21-26-20(33-27-21)11-34-23-25-17-9-19-18(31-12-32-19)8-15(17)22(29)28(23)10-13-4-3-7-30-13/h1-9H,10-12H2. The first-order chi connectivity index (χ1) is 16.7. The number of nitrogens with zero attached hydrogens (tertiary/aromatic N) is 4. The van der Waals surface area contributed by atoms with Gasteiger partial charge in [0.05, 0.1) is 34.5 Å². The Hall–Kier alpha value is -3.76. The van der Waals surface area contributed by atoms with Crippen LogP contribution in [-0.4, -0.2) is 26.5 Å². The quantitative estimate of drug-likeness (QED) is 0.244. The summed E-state index contributed by atoms with van der Waals surface area (Å²) in [6, 6.07) is 14.2. The highest BCUT2D eigenvalue weighted by atomic mass is 35.5. The van der Waals surface area contributed by atoms with Gasteiger partial charge in [-0.3, -0.25) is 9.36 Å². The molecule has 0 radical (unpaired) electrons. The zero-order chi connectivity index (χ0) is 23.1. The molecule has 0 amide bonds. The molecule has 0 bridgehead atoms. The molecule has 0 unspecified atom stereocenters. The Bertz CT molecular complexity index is 1560. The fourth-order valence-corrected chi connectivity index (χ4v) is 4.65. The first-order valence-corrected chi connectivity index (χ1v) is 11.6. The number of ether oxygens (including phenoxy) is 2. The average Bonchev–Trinajstić information content (AvgIpc) is 3.61. The van der Waals surface area contributed by atoms with Crippen molar-refractivity contribution in [3.05, 3.63) is 81.8 Å². The van der Waals surface area contributed by atoms with Crippen molar-refractivity contribution in [3.63, 3.8) is 0 Å². The highest BCUT2D eigenvalue weighted by Gasteiger charge is 2.20. The number of furan rings is 1. The van der Waals surface area contributed by atoms with Crippen LogP contribution in [0, 0.1) is 0 Å². The normalized spacial score (nSPS) is 12.5. The third-order valence-corrected chi connectivity index (χ3v) is 6.51. The maximum Gasteiger partial charge on any atom is 0.262 e. The zero-order valence-electron chi connectivity index (χ0n) is 17.4. The number of fused-ring (bicyclic) bond motifs is 2. The molecule has 5 aromatic rings. The Morgan fingerprint density at radius 3 is 2.74 bits per heavy atom. The summed E-state index contributed by atoms with van der Waals surface area (Å²) >= 11 is 7.55. The molecule has 1 aliphatic heterocycles. The van der Waals surface area contributed by atoms with Crippen LogP contribution in [0.15, 0.2) is 73.7 Å². The van der Waals surface area contributed by atoms with E-state index in [0.717, 1.165) is 0 Å². The molecule has 0 N–H and O–H groups in total. The van der Waals surface area contributed by atoms with E-state index in [1.165, 1.54) is 11.8 Å². The maximum atomic E-state index is 13.4. The van der Waals surface area contributed by atoms with Gasteiger partial charge in [0, 0.05) is 11.6 Å². The van der Waals surface area contributed by atoms with Crippen LogP contribution in [0.1, 0.15) is 11.7 Å². The molecule has 34 heavy (non-hydrogen) atoms. The van der Waals surface area contributed by atoms with Crippen molar-refractivity contribution < 1.29 is 18.4 Å². The summed E-state index contributed by atoms with van der Waals surface area (Å²) in [7, 11) is 0. The molecule has 11 heteroatoms. The van der Waals surface area contributed by atoms with E-state index in [1.54, 1.807) is 41.2 Å². The molecule has 9 nitrogen and oxygen atoms in total.